The van der Waals surface area contributed by atoms with Gasteiger partial charge in [-0.25, -0.2) is 0 Å². The lowest BCUT2D eigenvalue weighted by Crippen LogP contribution is -1.98. The Morgan fingerprint density at radius 2 is 1.27 bits per heavy atom. The van der Waals surface area contributed by atoms with Gasteiger partial charge in [0.15, 0.2) is 5.78 Å². The van der Waals surface area contributed by atoms with Gasteiger partial charge in [0.2, 0.25) is 0 Å². The highest BCUT2D eigenvalue weighted by Crippen LogP contribution is 2.22. The highest BCUT2D eigenvalue weighted by molar-refractivity contribution is 6.07. The van der Waals surface area contributed by atoms with Crippen molar-refractivity contribution < 1.29 is 14.3 Å². The minimum Gasteiger partial charge on any atom is -0.489 e. The number of hydrogen-bond donors (Lipinski definition) is 0. The van der Waals surface area contributed by atoms with Crippen molar-refractivity contribution in [1.29, 1.82) is 0 Å². The second kappa shape index (κ2) is 11.2. The number of carbonyl (C=O) groups excluding carboxylic acids is 1. The Labute approximate surface area is 177 Å². The molecule has 3 heteroatoms. The number of allylic oxidation sites excluding steroid dienone is 7. The molecule has 150 valence electrons. The molecule has 2 aliphatic heterocycles. The molecule has 0 aromatic heterocycles. The molecule has 2 heterocycles. The lowest BCUT2D eigenvalue weighted by atomic mass is 10.1. The molecule has 0 fully saturated rings. The van der Waals surface area contributed by atoms with E-state index >= 15 is 0 Å². The molecule has 0 N–H and O–H groups in total. The number of carbonyl (C=O) groups is 1. The van der Waals surface area contributed by atoms with Crippen molar-refractivity contribution in [3.8, 4) is 11.5 Å². The van der Waals surface area contributed by atoms with Gasteiger partial charge in [0.25, 0.3) is 0 Å². The van der Waals surface area contributed by atoms with E-state index in [1.165, 1.54) is 17.2 Å². The third-order valence-corrected chi connectivity index (χ3v) is 4.32. The summed E-state index contributed by atoms with van der Waals surface area (Å²) in [5.74, 6) is 2.03. The molecule has 5 rings (SSSR count). The molecule has 30 heavy (non-hydrogen) atoms. The maximum atomic E-state index is 10.9. The first-order valence-electron chi connectivity index (χ1n) is 9.76. The van der Waals surface area contributed by atoms with Gasteiger partial charge in [-0.3, -0.25) is 4.79 Å². The predicted molar refractivity (Wildman–Crippen MR) is 124 cm³/mol. The van der Waals surface area contributed by atoms with Crippen LogP contribution in [0.15, 0.2) is 109 Å². The Morgan fingerprint density at radius 1 is 0.733 bits per heavy atom. The molecular weight excluding hydrogens is 372 g/mol. The molecule has 0 amide bonds. The summed E-state index contributed by atoms with van der Waals surface area (Å²) in [4.78, 5) is 10.9. The topological polar surface area (TPSA) is 35.5 Å². The van der Waals surface area contributed by atoms with Gasteiger partial charge in [0.1, 0.15) is 24.7 Å². The van der Waals surface area contributed by atoms with Crippen LogP contribution in [0.25, 0.3) is 12.2 Å². The van der Waals surface area contributed by atoms with Gasteiger partial charge >= 0.3 is 0 Å². The first kappa shape index (κ1) is 20.9. The average Bonchev–Trinajstić information content (AvgIpc) is 2.82. The standard InChI is InChI=1S/3C9H8O/c2*1-2-6-9-8(4-1)5-3-7-10-9;1-2-5-8-6-3-4-7-9(8)10/h2*1-6H,7H2;2-7H,1H2/b;;8-5-. The lowest BCUT2D eigenvalue weighted by Gasteiger charge is -2.10. The number of rotatable bonds is 1. The molecule has 0 bridgehead atoms. The van der Waals surface area contributed by atoms with Crippen LogP contribution in [0, 0.1) is 0 Å². The Balaban J connectivity index is 0.000000128. The maximum absolute atomic E-state index is 10.9. The molecule has 0 saturated carbocycles. The number of benzene rings is 2. The molecule has 2 aromatic rings. The van der Waals surface area contributed by atoms with Crippen molar-refractivity contribution in [3.63, 3.8) is 0 Å². The summed E-state index contributed by atoms with van der Waals surface area (Å²) in [6.45, 7) is 4.91. The second-order valence-electron chi connectivity index (χ2n) is 6.44. The third-order valence-electron chi connectivity index (χ3n) is 4.32. The minimum absolute atomic E-state index is 0.0439. The van der Waals surface area contributed by atoms with E-state index in [4.69, 9.17) is 9.47 Å². The van der Waals surface area contributed by atoms with Gasteiger partial charge in [0.05, 0.1) is 0 Å². The number of ether oxygens (including phenoxy) is 2. The summed E-state index contributed by atoms with van der Waals surface area (Å²) in [5.41, 5.74) is 3.04. The number of ketones is 1. The Morgan fingerprint density at radius 3 is 1.77 bits per heavy atom. The van der Waals surface area contributed by atoms with Crippen LogP contribution < -0.4 is 9.47 Å². The second-order valence-corrected chi connectivity index (χ2v) is 6.44. The summed E-state index contributed by atoms with van der Waals surface area (Å²) < 4.78 is 10.7. The van der Waals surface area contributed by atoms with E-state index < -0.39 is 0 Å². The fraction of sp³-hybridized carbons (Fsp3) is 0.0741. The minimum atomic E-state index is 0.0439. The van der Waals surface area contributed by atoms with Gasteiger partial charge in [-0.15, -0.1) is 0 Å². The van der Waals surface area contributed by atoms with Gasteiger partial charge in [-0.1, -0.05) is 85.5 Å². The average molecular weight is 396 g/mol. The van der Waals surface area contributed by atoms with Crippen LogP contribution >= 0.6 is 0 Å². The van der Waals surface area contributed by atoms with E-state index in [1.54, 1.807) is 24.3 Å². The van der Waals surface area contributed by atoms with Crippen molar-refractivity contribution in [1.82, 2.24) is 0 Å². The normalized spacial score (nSPS) is 16.0. The van der Waals surface area contributed by atoms with E-state index in [-0.39, 0.29) is 5.78 Å². The summed E-state index contributed by atoms with van der Waals surface area (Å²) in [5, 5.41) is 0. The van der Waals surface area contributed by atoms with Crippen LogP contribution in [0.1, 0.15) is 11.1 Å². The van der Waals surface area contributed by atoms with Crippen molar-refractivity contribution >= 4 is 17.9 Å². The molecule has 0 spiro atoms. The fourth-order valence-electron chi connectivity index (χ4n) is 2.87. The fourth-order valence-corrected chi connectivity index (χ4v) is 2.87. The number of hydrogen-bond acceptors (Lipinski definition) is 3. The summed E-state index contributed by atoms with van der Waals surface area (Å²) in [6.07, 6.45) is 18.4. The first-order valence-corrected chi connectivity index (χ1v) is 9.76. The van der Waals surface area contributed by atoms with E-state index in [1.807, 2.05) is 66.8 Å². The van der Waals surface area contributed by atoms with Crippen molar-refractivity contribution in [2.45, 2.75) is 0 Å². The summed E-state index contributed by atoms with van der Waals surface area (Å²) in [6, 6.07) is 16.1. The van der Waals surface area contributed by atoms with Crippen LogP contribution in [0.3, 0.4) is 0 Å². The highest BCUT2D eigenvalue weighted by atomic mass is 16.5. The molecule has 3 aliphatic rings. The monoisotopic (exact) mass is 396 g/mol. The lowest BCUT2D eigenvalue weighted by molar-refractivity contribution is -0.111. The SMILES string of the molecule is C1=Cc2ccccc2OC1.C1=Cc2ccccc2OC1.C=C/C=C1/C=CC=CC1=O. The first-order chi connectivity index (χ1) is 14.8. The third kappa shape index (κ3) is 6.08. The zero-order chi connectivity index (χ0) is 21.0. The van der Waals surface area contributed by atoms with Crippen molar-refractivity contribution in [3.05, 3.63) is 120 Å². The van der Waals surface area contributed by atoms with Crippen LogP contribution in [0.2, 0.25) is 0 Å². The van der Waals surface area contributed by atoms with E-state index in [0.29, 0.717) is 18.8 Å². The quantitative estimate of drug-likeness (QED) is 0.557. The molecule has 2 aromatic carbocycles. The summed E-state index contributed by atoms with van der Waals surface area (Å²) in [7, 11) is 0. The van der Waals surface area contributed by atoms with Crippen LogP contribution in [0.4, 0.5) is 0 Å². The van der Waals surface area contributed by atoms with Crippen LogP contribution in [-0.2, 0) is 4.79 Å². The number of fused-ring (bicyclic) bond motifs is 2. The Bertz CT molecular complexity index is 978. The smallest absolute Gasteiger partial charge is 0.185 e. The highest BCUT2D eigenvalue weighted by Gasteiger charge is 2.03. The van der Waals surface area contributed by atoms with Gasteiger partial charge in [-0.05, 0) is 30.4 Å². The van der Waals surface area contributed by atoms with Gasteiger partial charge in [-0.2, -0.15) is 0 Å². The number of para-hydroxylation sites is 2. The zero-order valence-corrected chi connectivity index (χ0v) is 16.7. The molecule has 0 radical (unpaired) electrons. The molecule has 1 aliphatic carbocycles. The predicted octanol–water partition coefficient (Wildman–Crippen LogP) is 5.98. The summed E-state index contributed by atoms with van der Waals surface area (Å²) >= 11 is 0. The van der Waals surface area contributed by atoms with Crippen molar-refractivity contribution in [2.75, 3.05) is 13.2 Å². The van der Waals surface area contributed by atoms with Crippen molar-refractivity contribution in [2.24, 2.45) is 0 Å². The maximum Gasteiger partial charge on any atom is 0.185 e. The largest absolute Gasteiger partial charge is 0.489 e. The molecule has 0 saturated heterocycles. The molecule has 0 unspecified atom stereocenters. The van der Waals surface area contributed by atoms with Gasteiger partial charge < -0.3 is 9.47 Å². The van der Waals surface area contributed by atoms with E-state index in [9.17, 15) is 4.79 Å². The van der Waals surface area contributed by atoms with Crippen LogP contribution in [0.5, 0.6) is 11.5 Å². The molecule has 0 atom stereocenters. The molecule has 3 nitrogen and oxygen atoms in total. The van der Waals surface area contributed by atoms with E-state index in [0.717, 1.165) is 11.5 Å². The Hall–Kier alpha value is -3.85. The zero-order valence-electron chi connectivity index (χ0n) is 16.7. The Kier molecular flexibility index (Phi) is 7.81. The molecular formula is C27H24O3. The van der Waals surface area contributed by atoms with E-state index in [2.05, 4.69) is 18.7 Å². The van der Waals surface area contributed by atoms with Gasteiger partial charge in [0, 0.05) is 16.7 Å². The van der Waals surface area contributed by atoms with Crippen LogP contribution in [-0.4, -0.2) is 19.0 Å².